The van der Waals surface area contributed by atoms with Crippen LogP contribution in [0.2, 0.25) is 0 Å². The first kappa shape index (κ1) is 9.59. The molecule has 1 aromatic rings. The molecule has 2 rings (SSSR count). The predicted molar refractivity (Wildman–Crippen MR) is 51.1 cm³/mol. The summed E-state index contributed by atoms with van der Waals surface area (Å²) in [4.78, 5) is 0. The fourth-order valence-electron chi connectivity index (χ4n) is 1.79. The van der Waals surface area contributed by atoms with Crippen LogP contribution in [0.3, 0.4) is 0 Å². The zero-order valence-electron chi connectivity index (χ0n) is 8.32. The third kappa shape index (κ3) is 1.32. The monoisotopic (exact) mass is 197 g/mol. The zero-order chi connectivity index (χ0) is 10.3. The molecule has 1 nitrogen and oxygen atoms in total. The maximum Gasteiger partial charge on any atom is 0.128 e. The van der Waals surface area contributed by atoms with Crippen molar-refractivity contribution in [2.75, 3.05) is 7.05 Å². The summed E-state index contributed by atoms with van der Waals surface area (Å²) < 4.78 is 26.8. The van der Waals surface area contributed by atoms with E-state index in [2.05, 4.69) is 5.32 Å². The van der Waals surface area contributed by atoms with Gasteiger partial charge >= 0.3 is 0 Å². The van der Waals surface area contributed by atoms with Gasteiger partial charge in [0.15, 0.2) is 0 Å². The van der Waals surface area contributed by atoms with Crippen LogP contribution < -0.4 is 5.32 Å². The van der Waals surface area contributed by atoms with E-state index < -0.39 is 0 Å². The Balaban J connectivity index is 2.49. The van der Waals surface area contributed by atoms with E-state index in [0.29, 0.717) is 11.1 Å². The van der Waals surface area contributed by atoms with Gasteiger partial charge in [-0.2, -0.15) is 0 Å². The first-order valence-corrected chi connectivity index (χ1v) is 4.74. The molecular weight excluding hydrogens is 184 g/mol. The van der Waals surface area contributed by atoms with Crippen LogP contribution in [-0.2, 0) is 5.54 Å². The molecule has 0 aliphatic heterocycles. The van der Waals surface area contributed by atoms with E-state index in [1.165, 1.54) is 12.1 Å². The summed E-state index contributed by atoms with van der Waals surface area (Å²) in [7, 11) is 1.78. The van der Waals surface area contributed by atoms with Crippen molar-refractivity contribution in [1.82, 2.24) is 5.32 Å². The number of benzene rings is 1. The van der Waals surface area contributed by atoms with Crippen LogP contribution in [-0.4, -0.2) is 7.05 Å². The summed E-state index contributed by atoms with van der Waals surface area (Å²) in [6.45, 7) is 1.57. The minimum Gasteiger partial charge on any atom is -0.310 e. The molecule has 0 atom stereocenters. The smallest absolute Gasteiger partial charge is 0.128 e. The summed E-state index contributed by atoms with van der Waals surface area (Å²) in [5.74, 6) is -0.640. The Morgan fingerprint density at radius 2 is 1.86 bits per heavy atom. The van der Waals surface area contributed by atoms with Gasteiger partial charge in [0, 0.05) is 11.1 Å². The van der Waals surface area contributed by atoms with Crippen LogP contribution in [0.5, 0.6) is 0 Å². The topological polar surface area (TPSA) is 12.0 Å². The lowest BCUT2D eigenvalue weighted by Gasteiger charge is -2.16. The molecule has 1 fully saturated rings. The standard InChI is InChI=1S/C11H13F2N/c1-7-5-10(13)8(6-9(7)12)11(14-2)3-4-11/h5-6,14H,3-4H2,1-2H3. The van der Waals surface area contributed by atoms with Gasteiger partial charge in [0.25, 0.3) is 0 Å². The number of hydrogen-bond acceptors (Lipinski definition) is 1. The number of halogens is 2. The van der Waals surface area contributed by atoms with E-state index in [1.807, 2.05) is 0 Å². The summed E-state index contributed by atoms with van der Waals surface area (Å²) in [6.07, 6.45) is 1.76. The number of rotatable bonds is 2. The molecule has 1 aliphatic rings. The summed E-state index contributed by atoms with van der Waals surface area (Å²) in [6, 6.07) is 2.58. The lowest BCUT2D eigenvalue weighted by Crippen LogP contribution is -2.26. The van der Waals surface area contributed by atoms with Gasteiger partial charge in [0.05, 0.1) is 0 Å². The molecule has 1 saturated carbocycles. The minimum absolute atomic E-state index is 0.307. The highest BCUT2D eigenvalue weighted by atomic mass is 19.1. The minimum atomic E-state index is -0.331. The van der Waals surface area contributed by atoms with Gasteiger partial charge in [-0.25, -0.2) is 8.78 Å². The average molecular weight is 197 g/mol. The molecule has 1 aliphatic carbocycles. The van der Waals surface area contributed by atoms with Gasteiger partial charge in [-0.3, -0.25) is 0 Å². The number of nitrogens with one attached hydrogen (secondary N) is 1. The third-order valence-corrected chi connectivity index (χ3v) is 2.99. The van der Waals surface area contributed by atoms with E-state index in [0.717, 1.165) is 12.8 Å². The number of aryl methyl sites for hydroxylation is 1. The van der Waals surface area contributed by atoms with Crippen LogP contribution >= 0.6 is 0 Å². The Labute approximate surface area is 82.1 Å². The van der Waals surface area contributed by atoms with Gasteiger partial charge in [-0.15, -0.1) is 0 Å². The third-order valence-electron chi connectivity index (χ3n) is 2.99. The van der Waals surface area contributed by atoms with Crippen molar-refractivity contribution in [2.45, 2.75) is 25.3 Å². The molecule has 14 heavy (non-hydrogen) atoms. The second kappa shape index (κ2) is 3.02. The summed E-state index contributed by atoms with van der Waals surface area (Å²) in [5, 5.41) is 3.05. The van der Waals surface area contributed by atoms with Crippen molar-refractivity contribution in [2.24, 2.45) is 0 Å². The van der Waals surface area contributed by atoms with Gasteiger partial charge in [0.1, 0.15) is 11.6 Å². The highest BCUT2D eigenvalue weighted by molar-refractivity contribution is 5.34. The van der Waals surface area contributed by atoms with Crippen LogP contribution in [0.4, 0.5) is 8.78 Å². The lowest BCUT2D eigenvalue weighted by molar-refractivity contribution is 0.512. The van der Waals surface area contributed by atoms with E-state index >= 15 is 0 Å². The molecule has 0 aromatic heterocycles. The molecular formula is C11H13F2N. The Hall–Kier alpha value is -0.960. The van der Waals surface area contributed by atoms with E-state index in [9.17, 15) is 8.78 Å². The van der Waals surface area contributed by atoms with E-state index in [-0.39, 0.29) is 17.2 Å². The zero-order valence-corrected chi connectivity index (χ0v) is 8.32. The maximum absolute atomic E-state index is 13.5. The summed E-state index contributed by atoms with van der Waals surface area (Å²) >= 11 is 0. The molecule has 0 amide bonds. The molecule has 0 heterocycles. The molecule has 0 bridgehead atoms. The molecule has 1 N–H and O–H groups in total. The highest BCUT2D eigenvalue weighted by Crippen LogP contribution is 2.46. The molecule has 0 radical (unpaired) electrons. The average Bonchev–Trinajstić information content (AvgIpc) is 2.92. The van der Waals surface area contributed by atoms with Crippen molar-refractivity contribution in [1.29, 1.82) is 0 Å². The highest BCUT2D eigenvalue weighted by Gasteiger charge is 2.44. The maximum atomic E-state index is 13.5. The van der Waals surface area contributed by atoms with Crippen molar-refractivity contribution < 1.29 is 8.78 Å². The predicted octanol–water partition coefficient (Wildman–Crippen LogP) is 2.48. The molecule has 0 saturated heterocycles. The fourth-order valence-corrected chi connectivity index (χ4v) is 1.79. The molecule has 3 heteroatoms. The van der Waals surface area contributed by atoms with E-state index in [1.54, 1.807) is 14.0 Å². The molecule has 0 spiro atoms. The molecule has 76 valence electrons. The molecule has 0 unspecified atom stereocenters. The largest absolute Gasteiger partial charge is 0.310 e. The van der Waals surface area contributed by atoms with Crippen molar-refractivity contribution >= 4 is 0 Å². The van der Waals surface area contributed by atoms with Crippen LogP contribution in [0.15, 0.2) is 12.1 Å². The van der Waals surface area contributed by atoms with Crippen molar-refractivity contribution in [3.8, 4) is 0 Å². The molecule has 1 aromatic carbocycles. The van der Waals surface area contributed by atoms with Gasteiger partial charge in [-0.05, 0) is 44.5 Å². The van der Waals surface area contributed by atoms with Crippen LogP contribution in [0.1, 0.15) is 24.0 Å². The SMILES string of the molecule is CNC1(c2cc(F)c(C)cc2F)CC1. The van der Waals surface area contributed by atoms with E-state index in [4.69, 9.17) is 0 Å². The van der Waals surface area contributed by atoms with Crippen LogP contribution in [0, 0.1) is 18.6 Å². The quantitative estimate of drug-likeness (QED) is 0.768. The Kier molecular flexibility index (Phi) is 2.07. The fraction of sp³-hybridized carbons (Fsp3) is 0.455. The van der Waals surface area contributed by atoms with Crippen molar-refractivity contribution in [3.05, 3.63) is 34.9 Å². The first-order chi connectivity index (χ1) is 6.59. The Morgan fingerprint density at radius 3 is 2.36 bits per heavy atom. The van der Waals surface area contributed by atoms with Gasteiger partial charge in [-0.1, -0.05) is 0 Å². The Bertz CT molecular complexity index is 370. The van der Waals surface area contributed by atoms with Crippen LogP contribution in [0.25, 0.3) is 0 Å². The van der Waals surface area contributed by atoms with Crippen molar-refractivity contribution in [3.63, 3.8) is 0 Å². The van der Waals surface area contributed by atoms with Gasteiger partial charge in [0.2, 0.25) is 0 Å². The lowest BCUT2D eigenvalue weighted by atomic mass is 10.0. The Morgan fingerprint density at radius 1 is 1.21 bits per heavy atom. The number of hydrogen-bond donors (Lipinski definition) is 1. The first-order valence-electron chi connectivity index (χ1n) is 4.74. The summed E-state index contributed by atoms with van der Waals surface area (Å²) in [5.41, 5.74) is 0.514. The second-order valence-corrected chi connectivity index (χ2v) is 3.91. The van der Waals surface area contributed by atoms with Gasteiger partial charge < -0.3 is 5.32 Å². The normalized spacial score (nSPS) is 18.3. The second-order valence-electron chi connectivity index (χ2n) is 3.91.